The average molecular weight is 354 g/mol. The summed E-state index contributed by atoms with van der Waals surface area (Å²) < 4.78 is 5.42. The molecule has 1 aromatic carbocycles. The molecule has 1 amide bonds. The smallest absolute Gasteiger partial charge is 0.221 e. The molecule has 0 saturated heterocycles. The van der Waals surface area contributed by atoms with Crippen LogP contribution in [-0.4, -0.2) is 13.5 Å². The normalized spacial score (nSPS) is 13.0. The van der Waals surface area contributed by atoms with Gasteiger partial charge >= 0.3 is 0 Å². The Bertz CT molecular complexity index is 644. The van der Waals surface area contributed by atoms with Gasteiger partial charge in [0.1, 0.15) is 5.76 Å². The second-order valence-corrected chi connectivity index (χ2v) is 6.39. The van der Waals surface area contributed by atoms with Crippen molar-refractivity contribution in [1.82, 2.24) is 5.43 Å². The minimum absolute atomic E-state index is 0.403. The molecule has 1 aliphatic carbocycles. The summed E-state index contributed by atoms with van der Waals surface area (Å²) in [4.78, 5) is 10.3. The van der Waals surface area contributed by atoms with Crippen LogP contribution in [0.25, 0.3) is 0 Å². The zero-order chi connectivity index (χ0) is 16.7. The molecular formula is C16H20ClN3O2S. The van der Waals surface area contributed by atoms with Crippen LogP contribution in [0.4, 0.5) is 5.69 Å². The predicted octanol–water partition coefficient (Wildman–Crippen LogP) is 3.75. The summed E-state index contributed by atoms with van der Waals surface area (Å²) in [5, 5.41) is 3.74. The van der Waals surface area contributed by atoms with Crippen LogP contribution in [0, 0.1) is 0 Å². The fourth-order valence-corrected chi connectivity index (χ4v) is 3.53. The van der Waals surface area contributed by atoms with Crippen LogP contribution in [-0.2, 0) is 10.5 Å². The van der Waals surface area contributed by atoms with Crippen molar-refractivity contribution >= 4 is 35.5 Å². The molecule has 1 aromatic heterocycles. The van der Waals surface area contributed by atoms with Crippen LogP contribution < -0.4 is 16.6 Å². The lowest BCUT2D eigenvalue weighted by atomic mass is 10.1. The molecule has 5 nitrogen and oxygen atoms in total. The van der Waals surface area contributed by atoms with Crippen molar-refractivity contribution < 1.29 is 9.21 Å². The first-order valence-electron chi connectivity index (χ1n) is 7.27. The number of nitrogens with two attached hydrogens (primary N) is 1. The van der Waals surface area contributed by atoms with Crippen molar-refractivity contribution in [2.75, 3.05) is 12.4 Å². The third-order valence-electron chi connectivity index (χ3n) is 3.39. The van der Waals surface area contributed by atoms with Gasteiger partial charge in [-0.3, -0.25) is 10.2 Å². The number of hydrazine groups is 1. The van der Waals surface area contributed by atoms with Gasteiger partial charge < -0.3 is 9.73 Å². The Kier molecular flexibility index (Phi) is 6.83. The summed E-state index contributed by atoms with van der Waals surface area (Å²) in [6.45, 7) is 0. The van der Waals surface area contributed by atoms with Crippen LogP contribution in [0.1, 0.15) is 30.1 Å². The fourth-order valence-electron chi connectivity index (χ4n) is 2.20. The SMILES string of the molecule is CNc1cccc(C2CC2)c1SCc1ccc(Cl)o1.NNC=O. The topological polar surface area (TPSA) is 80.3 Å². The number of thioether (sulfide) groups is 1. The Labute approximate surface area is 144 Å². The van der Waals surface area contributed by atoms with E-state index in [2.05, 4.69) is 29.4 Å². The van der Waals surface area contributed by atoms with Crippen molar-refractivity contribution in [2.24, 2.45) is 5.84 Å². The zero-order valence-corrected chi connectivity index (χ0v) is 14.4. The Hall–Kier alpha value is -1.63. The maximum atomic E-state index is 8.94. The summed E-state index contributed by atoms with van der Waals surface area (Å²) in [6.07, 6.45) is 3.03. The Morgan fingerprint density at radius 3 is 2.65 bits per heavy atom. The van der Waals surface area contributed by atoms with Gasteiger partial charge in [-0.05, 0) is 54.1 Å². The molecule has 0 radical (unpaired) electrons. The van der Waals surface area contributed by atoms with Crippen LogP contribution in [0.15, 0.2) is 39.6 Å². The second-order valence-electron chi connectivity index (χ2n) is 5.03. The number of furan rings is 1. The van der Waals surface area contributed by atoms with Gasteiger partial charge in [0.25, 0.3) is 0 Å². The number of hydrogen-bond acceptors (Lipinski definition) is 5. The largest absolute Gasteiger partial charge is 0.449 e. The van der Waals surface area contributed by atoms with Crippen LogP contribution in [0.2, 0.25) is 5.22 Å². The van der Waals surface area contributed by atoms with Gasteiger partial charge in [0, 0.05) is 17.6 Å². The Morgan fingerprint density at radius 2 is 2.13 bits per heavy atom. The van der Waals surface area contributed by atoms with Crippen molar-refractivity contribution in [3.05, 3.63) is 46.9 Å². The number of carbonyl (C=O) groups excluding carboxylic acids is 1. The summed E-state index contributed by atoms with van der Waals surface area (Å²) in [6, 6.07) is 10.2. The standard InChI is InChI=1S/C15H16ClNOS.CH4N2O/c1-17-13-4-2-3-12(10-5-6-10)15(13)19-9-11-7-8-14(16)18-11;2-3-1-4/h2-4,7-8,10,17H,5-6,9H2,1H3;1H,2H2,(H,3,4). The molecule has 1 heterocycles. The minimum atomic E-state index is 0.403. The molecule has 23 heavy (non-hydrogen) atoms. The van der Waals surface area contributed by atoms with Gasteiger partial charge in [-0.1, -0.05) is 12.1 Å². The van der Waals surface area contributed by atoms with Crippen molar-refractivity contribution in [1.29, 1.82) is 0 Å². The number of rotatable bonds is 6. The molecule has 3 rings (SSSR count). The summed E-state index contributed by atoms with van der Waals surface area (Å²) in [5.41, 5.74) is 4.42. The van der Waals surface area contributed by atoms with Gasteiger partial charge in [-0.2, -0.15) is 0 Å². The lowest BCUT2D eigenvalue weighted by molar-refractivity contribution is -0.109. The number of anilines is 1. The van der Waals surface area contributed by atoms with Gasteiger partial charge in [0.05, 0.1) is 5.75 Å². The Balaban J connectivity index is 0.000000433. The van der Waals surface area contributed by atoms with E-state index in [0.29, 0.717) is 11.6 Å². The molecule has 0 atom stereocenters. The number of halogens is 1. The number of carbonyl (C=O) groups is 1. The molecule has 4 N–H and O–H groups in total. The molecule has 0 bridgehead atoms. The third kappa shape index (κ3) is 5.20. The highest BCUT2D eigenvalue weighted by atomic mass is 35.5. The molecular weight excluding hydrogens is 334 g/mol. The molecule has 0 aliphatic heterocycles. The molecule has 1 saturated carbocycles. The number of amides is 1. The van der Waals surface area contributed by atoms with Crippen molar-refractivity contribution in [2.45, 2.75) is 29.4 Å². The molecule has 1 fully saturated rings. The van der Waals surface area contributed by atoms with Gasteiger partial charge in [0.2, 0.25) is 6.41 Å². The van der Waals surface area contributed by atoms with E-state index in [4.69, 9.17) is 20.8 Å². The quantitative estimate of drug-likeness (QED) is 0.242. The van der Waals surface area contributed by atoms with Crippen molar-refractivity contribution in [3.8, 4) is 0 Å². The highest BCUT2D eigenvalue weighted by molar-refractivity contribution is 7.98. The molecule has 2 aromatic rings. The van der Waals surface area contributed by atoms with E-state index in [1.165, 1.54) is 29.0 Å². The summed E-state index contributed by atoms with van der Waals surface area (Å²) in [7, 11) is 1.97. The molecule has 0 unspecified atom stereocenters. The van der Waals surface area contributed by atoms with Crippen LogP contribution >= 0.6 is 23.4 Å². The van der Waals surface area contributed by atoms with Crippen LogP contribution in [0.3, 0.4) is 0 Å². The molecule has 7 heteroatoms. The summed E-state index contributed by atoms with van der Waals surface area (Å²) >= 11 is 7.62. The number of hydrogen-bond donors (Lipinski definition) is 3. The van der Waals surface area contributed by atoms with E-state index < -0.39 is 0 Å². The van der Waals surface area contributed by atoms with E-state index in [9.17, 15) is 0 Å². The van der Waals surface area contributed by atoms with E-state index in [1.54, 1.807) is 11.5 Å². The van der Waals surface area contributed by atoms with Crippen molar-refractivity contribution in [3.63, 3.8) is 0 Å². The van der Waals surface area contributed by atoms with E-state index in [-0.39, 0.29) is 0 Å². The average Bonchev–Trinajstić information content (AvgIpc) is 3.35. The van der Waals surface area contributed by atoms with Crippen LogP contribution in [0.5, 0.6) is 0 Å². The van der Waals surface area contributed by atoms with E-state index in [0.717, 1.165) is 17.4 Å². The predicted molar refractivity (Wildman–Crippen MR) is 94.6 cm³/mol. The lowest BCUT2D eigenvalue weighted by Crippen LogP contribution is -2.18. The van der Waals surface area contributed by atoms with E-state index in [1.807, 2.05) is 24.9 Å². The van der Waals surface area contributed by atoms with E-state index >= 15 is 0 Å². The highest BCUT2D eigenvalue weighted by Gasteiger charge is 2.27. The maximum Gasteiger partial charge on any atom is 0.221 e. The van der Waals surface area contributed by atoms with Gasteiger partial charge in [-0.15, -0.1) is 11.8 Å². The minimum Gasteiger partial charge on any atom is -0.449 e. The monoisotopic (exact) mass is 353 g/mol. The number of nitrogens with one attached hydrogen (secondary N) is 2. The first kappa shape index (κ1) is 17.7. The molecule has 124 valence electrons. The first-order chi connectivity index (χ1) is 11.2. The highest BCUT2D eigenvalue weighted by Crippen LogP contribution is 2.47. The third-order valence-corrected chi connectivity index (χ3v) is 4.76. The summed E-state index contributed by atoms with van der Waals surface area (Å²) in [5.74, 6) is 6.89. The zero-order valence-electron chi connectivity index (χ0n) is 12.8. The lowest BCUT2D eigenvalue weighted by Gasteiger charge is -2.13. The van der Waals surface area contributed by atoms with Gasteiger partial charge in [-0.25, -0.2) is 5.84 Å². The Morgan fingerprint density at radius 1 is 1.39 bits per heavy atom. The maximum absolute atomic E-state index is 8.94. The molecule has 0 spiro atoms. The molecule has 1 aliphatic rings. The number of benzene rings is 1. The first-order valence-corrected chi connectivity index (χ1v) is 8.63. The van der Waals surface area contributed by atoms with Gasteiger partial charge in [0.15, 0.2) is 5.22 Å². The fraction of sp³-hybridized carbons (Fsp3) is 0.312. The second kappa shape index (κ2) is 8.86.